The molecule has 0 spiro atoms. The summed E-state index contributed by atoms with van der Waals surface area (Å²) in [6.45, 7) is 3.80. The number of fused-ring (bicyclic) bond motifs is 1. The summed E-state index contributed by atoms with van der Waals surface area (Å²) in [5.74, 6) is 0.428. The number of benzene rings is 1. The van der Waals surface area contributed by atoms with Crippen molar-refractivity contribution in [3.05, 3.63) is 51.0 Å². The quantitative estimate of drug-likeness (QED) is 0.894. The molecule has 94 valence electrons. The van der Waals surface area contributed by atoms with Gasteiger partial charge < -0.3 is 5.11 Å². The Labute approximate surface area is 111 Å². The lowest BCUT2D eigenvalue weighted by atomic mass is 10.0. The molecule has 2 aromatic rings. The molecule has 3 rings (SSSR count). The molecule has 1 aliphatic rings. The van der Waals surface area contributed by atoms with Crippen LogP contribution in [-0.4, -0.2) is 10.1 Å². The first-order valence-corrected chi connectivity index (χ1v) is 7.21. The fourth-order valence-corrected chi connectivity index (χ4v) is 3.94. The predicted octanol–water partition coefficient (Wildman–Crippen LogP) is 3.58. The monoisotopic (exact) mass is 259 g/mol. The van der Waals surface area contributed by atoms with E-state index in [9.17, 15) is 5.11 Å². The second kappa shape index (κ2) is 4.48. The molecule has 0 bridgehead atoms. The molecule has 2 unspecified atom stereocenters. The highest BCUT2D eigenvalue weighted by atomic mass is 32.1. The Kier molecular flexibility index (Phi) is 2.96. The number of rotatable bonds is 2. The molecule has 0 amide bonds. The van der Waals surface area contributed by atoms with Crippen LogP contribution in [0.3, 0.4) is 0 Å². The Morgan fingerprint density at radius 1 is 1.39 bits per heavy atom. The number of thiazole rings is 1. The molecule has 0 radical (unpaired) electrons. The summed E-state index contributed by atoms with van der Waals surface area (Å²) in [7, 11) is 0. The third-order valence-electron chi connectivity index (χ3n) is 3.66. The van der Waals surface area contributed by atoms with E-state index >= 15 is 0 Å². The van der Waals surface area contributed by atoms with Crippen LogP contribution in [0.2, 0.25) is 0 Å². The maximum Gasteiger partial charge on any atom is 0.101 e. The fraction of sp³-hybridized carbons (Fsp3) is 0.400. The van der Waals surface area contributed by atoms with Crippen LogP contribution in [0, 0.1) is 6.92 Å². The Morgan fingerprint density at radius 3 is 2.89 bits per heavy atom. The van der Waals surface area contributed by atoms with Gasteiger partial charge in [0.25, 0.3) is 0 Å². The normalized spacial score (nSPS) is 19.8. The number of nitrogens with zero attached hydrogens (tertiary/aromatic N) is 1. The van der Waals surface area contributed by atoms with Crippen LogP contribution in [0.4, 0.5) is 0 Å². The molecule has 1 aliphatic carbocycles. The molecule has 1 aromatic heterocycles. The zero-order valence-corrected chi connectivity index (χ0v) is 11.5. The molecule has 1 heterocycles. The summed E-state index contributed by atoms with van der Waals surface area (Å²) in [6.07, 6.45) is 1.88. The van der Waals surface area contributed by atoms with Gasteiger partial charge in [-0.2, -0.15) is 0 Å². The minimum absolute atomic E-state index is 0.409. The van der Waals surface area contributed by atoms with Crippen LogP contribution in [0.15, 0.2) is 24.3 Å². The van der Waals surface area contributed by atoms with Gasteiger partial charge in [-0.3, -0.25) is 0 Å². The molecule has 3 heteroatoms. The molecular formula is C15H17NOS. The Balaban J connectivity index is 2.00. The molecule has 1 N–H and O–H groups in total. The van der Waals surface area contributed by atoms with Crippen molar-refractivity contribution in [3.63, 3.8) is 0 Å². The number of hydrogen-bond acceptors (Lipinski definition) is 3. The lowest BCUT2D eigenvalue weighted by molar-refractivity contribution is 0.202. The van der Waals surface area contributed by atoms with Crippen molar-refractivity contribution in [2.24, 2.45) is 0 Å². The number of hydrogen-bond donors (Lipinski definition) is 1. The van der Waals surface area contributed by atoms with Gasteiger partial charge in [0.1, 0.15) is 5.01 Å². The van der Waals surface area contributed by atoms with Gasteiger partial charge in [-0.25, -0.2) is 4.98 Å². The standard InChI is InChI=1S/C15H17NOS/c1-9-14(10(2)17)18-15(16-9)13-8-7-11-5-3-4-6-12(11)13/h3-6,10,13,17H,7-8H2,1-2H3. The highest BCUT2D eigenvalue weighted by molar-refractivity contribution is 7.12. The van der Waals surface area contributed by atoms with Gasteiger partial charge in [0.05, 0.1) is 16.7 Å². The molecule has 18 heavy (non-hydrogen) atoms. The lowest BCUT2D eigenvalue weighted by Crippen LogP contribution is -1.95. The zero-order valence-electron chi connectivity index (χ0n) is 10.7. The molecule has 0 aliphatic heterocycles. The molecule has 0 saturated carbocycles. The van der Waals surface area contributed by atoms with Crippen molar-refractivity contribution in [1.82, 2.24) is 4.98 Å². The van der Waals surface area contributed by atoms with Crippen LogP contribution in [0.5, 0.6) is 0 Å². The van der Waals surface area contributed by atoms with Gasteiger partial charge in [-0.1, -0.05) is 24.3 Å². The number of aliphatic hydroxyl groups excluding tert-OH is 1. The van der Waals surface area contributed by atoms with Crippen molar-refractivity contribution in [2.45, 2.75) is 38.7 Å². The van der Waals surface area contributed by atoms with Crippen LogP contribution >= 0.6 is 11.3 Å². The average Bonchev–Trinajstić information content (AvgIpc) is 2.92. The molecule has 2 atom stereocenters. The van der Waals surface area contributed by atoms with Crippen molar-refractivity contribution < 1.29 is 5.11 Å². The summed E-state index contributed by atoms with van der Waals surface area (Å²) in [4.78, 5) is 5.68. The van der Waals surface area contributed by atoms with Crippen molar-refractivity contribution in [1.29, 1.82) is 0 Å². The molecule has 0 saturated heterocycles. The third kappa shape index (κ3) is 1.88. The largest absolute Gasteiger partial charge is 0.388 e. The summed E-state index contributed by atoms with van der Waals surface area (Å²) in [5, 5.41) is 10.9. The van der Waals surface area contributed by atoms with Gasteiger partial charge >= 0.3 is 0 Å². The molecule has 1 aromatic carbocycles. The Morgan fingerprint density at radius 2 is 2.17 bits per heavy atom. The smallest absolute Gasteiger partial charge is 0.101 e. The van der Waals surface area contributed by atoms with Gasteiger partial charge in [0, 0.05) is 5.92 Å². The second-order valence-electron chi connectivity index (χ2n) is 4.97. The van der Waals surface area contributed by atoms with Gasteiger partial charge in [0.2, 0.25) is 0 Å². The lowest BCUT2D eigenvalue weighted by Gasteiger charge is -2.07. The minimum Gasteiger partial charge on any atom is -0.388 e. The first-order chi connectivity index (χ1) is 8.66. The van der Waals surface area contributed by atoms with E-state index in [0.717, 1.165) is 28.4 Å². The van der Waals surface area contributed by atoms with Gasteiger partial charge in [0.15, 0.2) is 0 Å². The Hall–Kier alpha value is -1.19. The summed E-state index contributed by atoms with van der Waals surface area (Å²) in [5.41, 5.74) is 3.85. The third-order valence-corrected chi connectivity index (χ3v) is 5.10. The van der Waals surface area contributed by atoms with Gasteiger partial charge in [-0.05, 0) is 37.8 Å². The fourth-order valence-electron chi connectivity index (χ4n) is 2.78. The van der Waals surface area contributed by atoms with Crippen molar-refractivity contribution in [3.8, 4) is 0 Å². The van der Waals surface area contributed by atoms with E-state index in [-0.39, 0.29) is 0 Å². The number of aryl methyl sites for hydroxylation is 2. The first-order valence-electron chi connectivity index (χ1n) is 6.40. The first kappa shape index (κ1) is 11.9. The molecular weight excluding hydrogens is 242 g/mol. The van der Waals surface area contributed by atoms with Crippen LogP contribution in [0.1, 0.15) is 52.1 Å². The van der Waals surface area contributed by atoms with E-state index in [2.05, 4.69) is 29.2 Å². The number of aromatic nitrogens is 1. The zero-order chi connectivity index (χ0) is 12.7. The van der Waals surface area contributed by atoms with E-state index < -0.39 is 6.10 Å². The predicted molar refractivity (Wildman–Crippen MR) is 74.1 cm³/mol. The van der Waals surface area contributed by atoms with Crippen LogP contribution in [0.25, 0.3) is 0 Å². The number of aliphatic hydroxyl groups is 1. The van der Waals surface area contributed by atoms with E-state index in [1.807, 2.05) is 13.8 Å². The van der Waals surface area contributed by atoms with Gasteiger partial charge in [-0.15, -0.1) is 11.3 Å². The maximum absolute atomic E-state index is 9.73. The second-order valence-corrected chi connectivity index (χ2v) is 6.03. The summed E-state index contributed by atoms with van der Waals surface area (Å²) >= 11 is 1.67. The summed E-state index contributed by atoms with van der Waals surface area (Å²) < 4.78 is 0. The highest BCUT2D eigenvalue weighted by Gasteiger charge is 2.27. The molecule has 0 fully saturated rings. The highest BCUT2D eigenvalue weighted by Crippen LogP contribution is 2.41. The van der Waals surface area contributed by atoms with E-state index in [1.54, 1.807) is 11.3 Å². The average molecular weight is 259 g/mol. The SMILES string of the molecule is Cc1nc(C2CCc3ccccc32)sc1C(C)O. The van der Waals surface area contributed by atoms with Crippen LogP contribution in [-0.2, 0) is 6.42 Å². The topological polar surface area (TPSA) is 33.1 Å². The maximum atomic E-state index is 9.73. The van der Waals surface area contributed by atoms with Crippen molar-refractivity contribution >= 4 is 11.3 Å². The van der Waals surface area contributed by atoms with E-state index in [4.69, 9.17) is 0 Å². The van der Waals surface area contributed by atoms with Crippen LogP contribution < -0.4 is 0 Å². The van der Waals surface area contributed by atoms with E-state index in [1.165, 1.54) is 11.1 Å². The van der Waals surface area contributed by atoms with E-state index in [0.29, 0.717) is 5.92 Å². The minimum atomic E-state index is -0.409. The molecule has 2 nitrogen and oxygen atoms in total. The summed E-state index contributed by atoms with van der Waals surface area (Å²) in [6, 6.07) is 8.64. The Bertz CT molecular complexity index is 574. The van der Waals surface area contributed by atoms with Crippen molar-refractivity contribution in [2.75, 3.05) is 0 Å².